The monoisotopic (exact) mass is 297 g/mol. The number of aromatic nitrogens is 2. The van der Waals surface area contributed by atoms with Crippen LogP contribution < -0.4 is 5.32 Å². The Morgan fingerprint density at radius 1 is 1.32 bits per heavy atom. The third-order valence-electron chi connectivity index (χ3n) is 3.52. The van der Waals surface area contributed by atoms with E-state index in [2.05, 4.69) is 10.3 Å². The Morgan fingerprint density at radius 2 is 2.18 bits per heavy atom. The number of fused-ring (bicyclic) bond motifs is 1. The molecule has 22 heavy (non-hydrogen) atoms. The summed E-state index contributed by atoms with van der Waals surface area (Å²) in [6.45, 7) is 2.25. The summed E-state index contributed by atoms with van der Waals surface area (Å²) in [6, 6.07) is 10.0. The van der Waals surface area contributed by atoms with E-state index in [0.717, 1.165) is 16.9 Å². The van der Waals surface area contributed by atoms with Gasteiger partial charge in [0.1, 0.15) is 11.5 Å². The van der Waals surface area contributed by atoms with E-state index in [1.807, 2.05) is 35.0 Å². The minimum Gasteiger partial charge on any atom is -0.352 e. The first-order valence-electron chi connectivity index (χ1n) is 7.10. The maximum absolute atomic E-state index is 13.2. The standard InChI is InChI=1S/C17H16FN3O/c1-12-5-6-13(18)10-15(12)17(22)19-8-7-14-11-21-9-3-2-4-16(21)20-14/h2-6,9-11H,7-8H2,1H3,(H,19,22). The molecule has 0 aliphatic rings. The minimum atomic E-state index is -0.406. The van der Waals surface area contributed by atoms with E-state index < -0.39 is 5.82 Å². The van der Waals surface area contributed by atoms with E-state index in [1.54, 1.807) is 13.0 Å². The molecular weight excluding hydrogens is 281 g/mol. The zero-order valence-corrected chi connectivity index (χ0v) is 12.2. The molecule has 3 aromatic rings. The van der Waals surface area contributed by atoms with Crippen molar-refractivity contribution in [3.05, 3.63) is 71.4 Å². The number of rotatable bonds is 4. The summed E-state index contributed by atoms with van der Waals surface area (Å²) in [4.78, 5) is 16.5. The van der Waals surface area contributed by atoms with Crippen molar-refractivity contribution in [2.45, 2.75) is 13.3 Å². The van der Waals surface area contributed by atoms with Gasteiger partial charge in [-0.3, -0.25) is 4.79 Å². The predicted molar refractivity (Wildman–Crippen MR) is 82.4 cm³/mol. The summed E-state index contributed by atoms with van der Waals surface area (Å²) < 4.78 is 15.2. The number of pyridine rings is 1. The highest BCUT2D eigenvalue weighted by atomic mass is 19.1. The number of carbonyl (C=O) groups excluding carboxylic acids is 1. The Labute approximate surface area is 127 Å². The van der Waals surface area contributed by atoms with Crippen LogP contribution in [0, 0.1) is 12.7 Å². The fourth-order valence-corrected chi connectivity index (χ4v) is 2.35. The van der Waals surface area contributed by atoms with E-state index in [1.165, 1.54) is 12.1 Å². The quantitative estimate of drug-likeness (QED) is 0.805. The van der Waals surface area contributed by atoms with Crippen LogP contribution in [0.4, 0.5) is 4.39 Å². The first-order valence-corrected chi connectivity index (χ1v) is 7.10. The number of aryl methyl sites for hydroxylation is 1. The highest BCUT2D eigenvalue weighted by molar-refractivity contribution is 5.95. The molecule has 0 aliphatic heterocycles. The Kier molecular flexibility index (Phi) is 3.87. The summed E-state index contributed by atoms with van der Waals surface area (Å²) in [6.07, 6.45) is 4.50. The molecule has 1 amide bonds. The van der Waals surface area contributed by atoms with Gasteiger partial charge in [-0.2, -0.15) is 0 Å². The van der Waals surface area contributed by atoms with E-state index in [-0.39, 0.29) is 5.91 Å². The highest BCUT2D eigenvalue weighted by Gasteiger charge is 2.10. The van der Waals surface area contributed by atoms with E-state index in [0.29, 0.717) is 18.5 Å². The molecule has 0 bridgehead atoms. The molecule has 0 spiro atoms. The van der Waals surface area contributed by atoms with Gasteiger partial charge in [-0.25, -0.2) is 9.37 Å². The second kappa shape index (κ2) is 5.97. The van der Waals surface area contributed by atoms with Gasteiger partial charge in [-0.1, -0.05) is 12.1 Å². The van der Waals surface area contributed by atoms with Gasteiger partial charge in [0.2, 0.25) is 0 Å². The Bertz CT molecular complexity index is 793. The van der Waals surface area contributed by atoms with Crippen molar-refractivity contribution in [2.75, 3.05) is 6.54 Å². The molecule has 112 valence electrons. The van der Waals surface area contributed by atoms with Gasteiger partial charge >= 0.3 is 0 Å². The normalized spacial score (nSPS) is 10.8. The molecule has 5 heteroatoms. The molecule has 0 aliphatic carbocycles. The Hall–Kier alpha value is -2.69. The van der Waals surface area contributed by atoms with Crippen LogP contribution in [0.15, 0.2) is 48.8 Å². The molecule has 0 saturated heterocycles. The lowest BCUT2D eigenvalue weighted by atomic mass is 10.1. The van der Waals surface area contributed by atoms with Gasteiger partial charge in [0, 0.05) is 30.9 Å². The molecule has 0 saturated carbocycles. The summed E-state index contributed by atoms with van der Waals surface area (Å²) >= 11 is 0. The van der Waals surface area contributed by atoms with E-state index >= 15 is 0 Å². The third kappa shape index (κ3) is 2.98. The lowest BCUT2D eigenvalue weighted by Crippen LogP contribution is -2.26. The Balaban J connectivity index is 1.62. The fourth-order valence-electron chi connectivity index (χ4n) is 2.35. The average molecular weight is 297 g/mol. The van der Waals surface area contributed by atoms with Crippen LogP contribution in [-0.4, -0.2) is 21.8 Å². The van der Waals surface area contributed by atoms with E-state index in [4.69, 9.17) is 0 Å². The molecular formula is C17H16FN3O. The number of nitrogens with zero attached hydrogens (tertiary/aromatic N) is 2. The second-order valence-corrected chi connectivity index (χ2v) is 5.16. The minimum absolute atomic E-state index is 0.263. The summed E-state index contributed by atoms with van der Waals surface area (Å²) in [7, 11) is 0. The van der Waals surface area contributed by atoms with Crippen LogP contribution in [0.2, 0.25) is 0 Å². The number of imidazole rings is 1. The van der Waals surface area contributed by atoms with Gasteiger partial charge in [-0.05, 0) is 36.8 Å². The topological polar surface area (TPSA) is 46.4 Å². The fraction of sp³-hybridized carbons (Fsp3) is 0.176. The highest BCUT2D eigenvalue weighted by Crippen LogP contribution is 2.10. The third-order valence-corrected chi connectivity index (χ3v) is 3.52. The summed E-state index contributed by atoms with van der Waals surface area (Å²) in [5.41, 5.74) is 2.91. The number of hydrogen-bond acceptors (Lipinski definition) is 2. The van der Waals surface area contributed by atoms with Crippen LogP contribution in [0.3, 0.4) is 0 Å². The van der Waals surface area contributed by atoms with Crippen molar-refractivity contribution >= 4 is 11.6 Å². The average Bonchev–Trinajstić information content (AvgIpc) is 2.92. The second-order valence-electron chi connectivity index (χ2n) is 5.16. The number of benzene rings is 1. The lowest BCUT2D eigenvalue weighted by molar-refractivity contribution is 0.0953. The van der Waals surface area contributed by atoms with Crippen molar-refractivity contribution in [3.63, 3.8) is 0 Å². The predicted octanol–water partition coefficient (Wildman–Crippen LogP) is 2.75. The SMILES string of the molecule is Cc1ccc(F)cc1C(=O)NCCc1cn2ccccc2n1. The molecule has 0 radical (unpaired) electrons. The number of nitrogens with one attached hydrogen (secondary N) is 1. The molecule has 0 unspecified atom stereocenters. The number of carbonyl (C=O) groups is 1. The molecule has 1 aromatic carbocycles. The van der Waals surface area contributed by atoms with Gasteiger partial charge in [-0.15, -0.1) is 0 Å². The number of amides is 1. The molecule has 2 aromatic heterocycles. The molecule has 4 nitrogen and oxygen atoms in total. The number of halogens is 1. The maximum Gasteiger partial charge on any atom is 0.251 e. The molecule has 0 fully saturated rings. The van der Waals surface area contributed by atoms with Crippen molar-refractivity contribution < 1.29 is 9.18 Å². The number of hydrogen-bond donors (Lipinski definition) is 1. The molecule has 0 atom stereocenters. The molecule has 3 rings (SSSR count). The van der Waals surface area contributed by atoms with Crippen LogP contribution in [0.1, 0.15) is 21.6 Å². The van der Waals surface area contributed by atoms with Crippen molar-refractivity contribution in [1.29, 1.82) is 0 Å². The molecule has 2 heterocycles. The largest absolute Gasteiger partial charge is 0.352 e. The van der Waals surface area contributed by atoms with Crippen molar-refractivity contribution in [2.24, 2.45) is 0 Å². The van der Waals surface area contributed by atoms with Gasteiger partial charge in [0.05, 0.1) is 5.69 Å². The van der Waals surface area contributed by atoms with Gasteiger partial charge in [0.15, 0.2) is 0 Å². The van der Waals surface area contributed by atoms with Crippen molar-refractivity contribution in [3.8, 4) is 0 Å². The Morgan fingerprint density at radius 3 is 3.00 bits per heavy atom. The van der Waals surface area contributed by atoms with E-state index in [9.17, 15) is 9.18 Å². The van der Waals surface area contributed by atoms with Crippen LogP contribution >= 0.6 is 0 Å². The zero-order chi connectivity index (χ0) is 15.5. The summed E-state index contributed by atoms with van der Waals surface area (Å²) in [5, 5.41) is 2.80. The van der Waals surface area contributed by atoms with Crippen molar-refractivity contribution in [1.82, 2.24) is 14.7 Å². The van der Waals surface area contributed by atoms with Crippen LogP contribution in [0.25, 0.3) is 5.65 Å². The summed E-state index contributed by atoms with van der Waals surface area (Å²) in [5.74, 6) is -0.670. The van der Waals surface area contributed by atoms with Crippen LogP contribution in [-0.2, 0) is 6.42 Å². The van der Waals surface area contributed by atoms with Gasteiger partial charge < -0.3 is 9.72 Å². The smallest absolute Gasteiger partial charge is 0.251 e. The van der Waals surface area contributed by atoms with Crippen LogP contribution in [0.5, 0.6) is 0 Å². The lowest BCUT2D eigenvalue weighted by Gasteiger charge is -2.07. The molecule has 1 N–H and O–H groups in total. The first kappa shape index (κ1) is 14.3. The zero-order valence-electron chi connectivity index (χ0n) is 12.2. The van der Waals surface area contributed by atoms with Gasteiger partial charge in [0.25, 0.3) is 5.91 Å². The maximum atomic E-state index is 13.2. The first-order chi connectivity index (χ1) is 10.6.